The van der Waals surface area contributed by atoms with Crippen molar-refractivity contribution in [3.05, 3.63) is 52.4 Å². The predicted octanol–water partition coefficient (Wildman–Crippen LogP) is 3.69. The molecule has 0 radical (unpaired) electrons. The Balaban J connectivity index is 2.29. The fourth-order valence-electron chi connectivity index (χ4n) is 1.67. The van der Waals surface area contributed by atoms with E-state index >= 15 is 0 Å². The topological polar surface area (TPSA) is 34.2 Å². The van der Waals surface area contributed by atoms with Gasteiger partial charge in [-0.3, -0.25) is 0 Å². The highest BCUT2D eigenvalue weighted by Gasteiger charge is 2.08. The molecule has 0 saturated carbocycles. The molecule has 0 atom stereocenters. The minimum absolute atomic E-state index is 0.384. The Morgan fingerprint density at radius 2 is 2.16 bits per heavy atom. The van der Waals surface area contributed by atoms with Gasteiger partial charge in [0.15, 0.2) is 0 Å². The summed E-state index contributed by atoms with van der Waals surface area (Å²) in [4.78, 5) is 3.97. The summed E-state index contributed by atoms with van der Waals surface area (Å²) < 4.78 is 18.8. The fraction of sp³-hybridized carbons (Fsp3) is 0.214. The number of halogens is 2. The Bertz CT molecular complexity index is 590. The lowest BCUT2D eigenvalue weighted by molar-refractivity contribution is 0.449. The number of aryl methyl sites for hydroxylation is 1. The summed E-state index contributed by atoms with van der Waals surface area (Å²) in [5.74, 6) is 0.626. The van der Waals surface area contributed by atoms with Gasteiger partial charge in [-0.1, -0.05) is 11.6 Å². The zero-order valence-corrected chi connectivity index (χ0v) is 11.5. The molecule has 3 nitrogen and oxygen atoms in total. The number of hydrogen-bond acceptors (Lipinski definition) is 3. The maximum absolute atomic E-state index is 13.2. The van der Waals surface area contributed by atoms with E-state index in [1.165, 1.54) is 6.07 Å². The number of nitrogens with one attached hydrogen (secondary N) is 1. The van der Waals surface area contributed by atoms with Gasteiger partial charge in [0.2, 0.25) is 5.88 Å². The minimum atomic E-state index is -0.384. The normalized spacial score (nSPS) is 10.5. The lowest BCUT2D eigenvalue weighted by Crippen LogP contribution is -2.07. The van der Waals surface area contributed by atoms with Crippen LogP contribution in [0.15, 0.2) is 30.5 Å². The molecule has 0 aliphatic carbocycles. The number of aromatic nitrogens is 1. The smallest absolute Gasteiger partial charge is 0.223 e. The van der Waals surface area contributed by atoms with Gasteiger partial charge in [-0.2, -0.15) is 0 Å². The highest BCUT2D eigenvalue weighted by molar-refractivity contribution is 6.31. The molecule has 0 unspecified atom stereocenters. The number of nitrogens with zero attached hydrogens (tertiary/aromatic N) is 1. The average Bonchev–Trinajstić information content (AvgIpc) is 2.37. The van der Waals surface area contributed by atoms with Gasteiger partial charge in [-0.15, -0.1) is 0 Å². The predicted molar refractivity (Wildman–Crippen MR) is 73.2 cm³/mol. The Morgan fingerprint density at radius 3 is 2.84 bits per heavy atom. The van der Waals surface area contributed by atoms with Crippen LogP contribution in [0, 0.1) is 12.7 Å². The number of hydrogen-bond donors (Lipinski definition) is 1. The summed E-state index contributed by atoms with van der Waals surface area (Å²) in [7, 11) is 1.78. The third-order valence-corrected chi connectivity index (χ3v) is 3.03. The lowest BCUT2D eigenvalue weighted by atomic mass is 10.2. The van der Waals surface area contributed by atoms with Crippen molar-refractivity contribution >= 4 is 11.6 Å². The van der Waals surface area contributed by atoms with Crippen LogP contribution < -0.4 is 10.1 Å². The van der Waals surface area contributed by atoms with Gasteiger partial charge in [0.05, 0.1) is 6.20 Å². The van der Waals surface area contributed by atoms with Gasteiger partial charge in [0.25, 0.3) is 0 Å². The molecule has 0 spiro atoms. The van der Waals surface area contributed by atoms with Crippen LogP contribution in [-0.4, -0.2) is 12.0 Å². The van der Waals surface area contributed by atoms with E-state index in [1.54, 1.807) is 19.2 Å². The molecule has 1 N–H and O–H groups in total. The number of benzene rings is 1. The highest BCUT2D eigenvalue weighted by atomic mass is 35.5. The molecular weight excluding hydrogens is 267 g/mol. The maximum Gasteiger partial charge on any atom is 0.223 e. The van der Waals surface area contributed by atoms with Crippen molar-refractivity contribution in [1.82, 2.24) is 10.3 Å². The van der Waals surface area contributed by atoms with Crippen LogP contribution in [0.3, 0.4) is 0 Å². The second-order valence-corrected chi connectivity index (χ2v) is 4.57. The monoisotopic (exact) mass is 280 g/mol. The van der Waals surface area contributed by atoms with Crippen LogP contribution in [-0.2, 0) is 6.54 Å². The van der Waals surface area contributed by atoms with E-state index in [0.717, 1.165) is 11.8 Å². The third-order valence-electron chi connectivity index (χ3n) is 2.60. The van der Waals surface area contributed by atoms with Crippen molar-refractivity contribution in [2.45, 2.75) is 13.5 Å². The molecular formula is C14H14ClFN2O. The summed E-state index contributed by atoms with van der Waals surface area (Å²) >= 11 is 5.95. The van der Waals surface area contributed by atoms with Gasteiger partial charge >= 0.3 is 0 Å². The van der Waals surface area contributed by atoms with Crippen molar-refractivity contribution in [3.63, 3.8) is 0 Å². The zero-order valence-electron chi connectivity index (χ0n) is 10.7. The molecule has 19 heavy (non-hydrogen) atoms. The number of rotatable bonds is 4. The van der Waals surface area contributed by atoms with Crippen LogP contribution >= 0.6 is 11.6 Å². The van der Waals surface area contributed by atoms with E-state index in [1.807, 2.05) is 13.0 Å². The van der Waals surface area contributed by atoms with Crippen molar-refractivity contribution in [2.75, 3.05) is 7.05 Å². The Hall–Kier alpha value is -1.65. The summed E-state index contributed by atoms with van der Waals surface area (Å²) in [5, 5.41) is 3.63. The zero-order chi connectivity index (χ0) is 13.8. The van der Waals surface area contributed by atoms with Crippen LogP contribution in [0.5, 0.6) is 11.6 Å². The van der Waals surface area contributed by atoms with Crippen LogP contribution in [0.1, 0.15) is 11.1 Å². The lowest BCUT2D eigenvalue weighted by Gasteiger charge is -2.10. The maximum atomic E-state index is 13.2. The third kappa shape index (κ3) is 3.43. The summed E-state index contributed by atoms with van der Waals surface area (Å²) in [6.07, 6.45) is 1.14. The molecule has 2 rings (SSSR count). The van der Waals surface area contributed by atoms with Gasteiger partial charge in [0.1, 0.15) is 11.6 Å². The van der Waals surface area contributed by atoms with Crippen LogP contribution in [0.25, 0.3) is 0 Å². The highest BCUT2D eigenvalue weighted by Crippen LogP contribution is 2.27. The van der Waals surface area contributed by atoms with Gasteiger partial charge in [-0.05, 0) is 43.8 Å². The molecule has 1 aromatic heterocycles. The second-order valence-electron chi connectivity index (χ2n) is 4.16. The summed E-state index contributed by atoms with van der Waals surface area (Å²) in [5.41, 5.74) is 1.58. The molecule has 0 saturated heterocycles. The first kappa shape index (κ1) is 13.8. The molecule has 1 heterocycles. The summed E-state index contributed by atoms with van der Waals surface area (Å²) in [6.45, 7) is 2.37. The van der Waals surface area contributed by atoms with Gasteiger partial charge in [-0.25, -0.2) is 9.37 Å². The van der Waals surface area contributed by atoms with E-state index in [2.05, 4.69) is 10.3 Å². The van der Waals surface area contributed by atoms with E-state index in [-0.39, 0.29) is 5.82 Å². The SMILES string of the molecule is CNCc1cc(F)cnc1Oc1ccc(Cl)c(C)c1. The fourth-order valence-corrected chi connectivity index (χ4v) is 1.79. The van der Waals surface area contributed by atoms with Gasteiger partial charge in [0, 0.05) is 17.1 Å². The minimum Gasteiger partial charge on any atom is -0.439 e. The van der Waals surface area contributed by atoms with Crippen LogP contribution in [0.4, 0.5) is 4.39 Å². The van der Waals surface area contributed by atoms with E-state index < -0.39 is 0 Å². The van der Waals surface area contributed by atoms with E-state index in [0.29, 0.717) is 28.8 Å². The number of ether oxygens (including phenoxy) is 1. The summed E-state index contributed by atoms with van der Waals surface area (Å²) in [6, 6.07) is 6.73. The standard InChI is InChI=1S/C14H14ClFN2O/c1-9-5-12(3-4-13(9)15)19-14-10(7-17-2)6-11(16)8-18-14/h3-6,8,17H,7H2,1-2H3. The Kier molecular flexibility index (Phi) is 4.35. The first-order valence-corrected chi connectivity index (χ1v) is 6.21. The molecule has 2 aromatic rings. The molecule has 0 fully saturated rings. The van der Waals surface area contributed by atoms with E-state index in [4.69, 9.17) is 16.3 Å². The van der Waals surface area contributed by atoms with Crippen molar-refractivity contribution in [2.24, 2.45) is 0 Å². The molecule has 5 heteroatoms. The van der Waals surface area contributed by atoms with Gasteiger partial charge < -0.3 is 10.1 Å². The Labute approximate surface area is 116 Å². The van der Waals surface area contributed by atoms with Crippen molar-refractivity contribution in [1.29, 1.82) is 0 Å². The molecule has 0 aliphatic rings. The molecule has 0 bridgehead atoms. The Morgan fingerprint density at radius 1 is 1.37 bits per heavy atom. The number of pyridine rings is 1. The molecule has 0 amide bonds. The van der Waals surface area contributed by atoms with E-state index in [9.17, 15) is 4.39 Å². The quantitative estimate of drug-likeness (QED) is 0.927. The van der Waals surface area contributed by atoms with Crippen LogP contribution in [0.2, 0.25) is 5.02 Å². The first-order valence-electron chi connectivity index (χ1n) is 5.83. The van der Waals surface area contributed by atoms with Crippen molar-refractivity contribution < 1.29 is 9.13 Å². The molecule has 1 aromatic carbocycles. The molecule has 0 aliphatic heterocycles. The largest absolute Gasteiger partial charge is 0.439 e. The van der Waals surface area contributed by atoms with Crippen molar-refractivity contribution in [3.8, 4) is 11.6 Å². The average molecular weight is 281 g/mol. The molecule has 100 valence electrons. The second kappa shape index (κ2) is 5.99. The first-order chi connectivity index (χ1) is 9.10.